The van der Waals surface area contributed by atoms with Crippen LogP contribution in [0.1, 0.15) is 30.9 Å². The average molecular weight is 352 g/mol. The zero-order valence-corrected chi connectivity index (χ0v) is 15.4. The summed E-state index contributed by atoms with van der Waals surface area (Å²) in [7, 11) is 0. The van der Waals surface area contributed by atoms with Crippen LogP contribution < -0.4 is 0 Å². The standard InChI is InChI=1S/C18H20N6S/c1-12(2)9-16-20-21-18-24(16)22-17(25-18)15-10-19-23(13(15)3)11-14-7-5-4-6-8-14/h4-8,10,12H,9,11H2,1-3H3. The molecular weight excluding hydrogens is 332 g/mol. The normalized spacial score (nSPS) is 11.7. The van der Waals surface area contributed by atoms with Gasteiger partial charge in [0.15, 0.2) is 10.8 Å². The van der Waals surface area contributed by atoms with Crippen molar-refractivity contribution in [2.75, 3.05) is 0 Å². The summed E-state index contributed by atoms with van der Waals surface area (Å²) in [6, 6.07) is 10.4. The lowest BCUT2D eigenvalue weighted by Gasteiger charge is -2.05. The van der Waals surface area contributed by atoms with Crippen molar-refractivity contribution in [3.63, 3.8) is 0 Å². The van der Waals surface area contributed by atoms with Crippen LogP contribution in [0.25, 0.3) is 15.5 Å². The zero-order chi connectivity index (χ0) is 17.4. The highest BCUT2D eigenvalue weighted by atomic mass is 32.1. The highest BCUT2D eigenvalue weighted by molar-refractivity contribution is 7.19. The molecular formula is C18H20N6S. The Morgan fingerprint density at radius 1 is 1.12 bits per heavy atom. The second kappa shape index (κ2) is 6.40. The van der Waals surface area contributed by atoms with Gasteiger partial charge in [-0.15, -0.1) is 10.2 Å². The van der Waals surface area contributed by atoms with Crippen molar-refractivity contribution in [2.24, 2.45) is 5.92 Å². The Kier molecular flexibility index (Phi) is 4.09. The maximum Gasteiger partial charge on any atom is 0.234 e. The van der Waals surface area contributed by atoms with Gasteiger partial charge < -0.3 is 0 Å². The first-order chi connectivity index (χ1) is 12.1. The van der Waals surface area contributed by atoms with Gasteiger partial charge in [0.05, 0.1) is 18.3 Å². The Bertz CT molecular complexity index is 995. The summed E-state index contributed by atoms with van der Waals surface area (Å²) in [4.78, 5) is 0.834. The predicted octanol–water partition coefficient (Wildman–Crippen LogP) is 3.60. The van der Waals surface area contributed by atoms with E-state index in [9.17, 15) is 0 Å². The van der Waals surface area contributed by atoms with Crippen molar-refractivity contribution >= 4 is 16.3 Å². The topological polar surface area (TPSA) is 60.9 Å². The molecule has 128 valence electrons. The molecule has 4 aromatic rings. The molecule has 0 saturated heterocycles. The quantitative estimate of drug-likeness (QED) is 0.550. The fourth-order valence-electron chi connectivity index (χ4n) is 2.83. The Morgan fingerprint density at radius 3 is 2.68 bits per heavy atom. The van der Waals surface area contributed by atoms with Gasteiger partial charge >= 0.3 is 0 Å². The number of rotatable bonds is 5. The van der Waals surface area contributed by atoms with E-state index in [2.05, 4.69) is 48.2 Å². The van der Waals surface area contributed by atoms with Crippen LogP contribution in [-0.2, 0) is 13.0 Å². The largest absolute Gasteiger partial charge is 0.265 e. The lowest BCUT2D eigenvalue weighted by atomic mass is 10.1. The van der Waals surface area contributed by atoms with Gasteiger partial charge in [0.1, 0.15) is 0 Å². The molecule has 0 amide bonds. The molecule has 0 unspecified atom stereocenters. The molecule has 0 fully saturated rings. The molecule has 0 aliphatic rings. The van der Waals surface area contributed by atoms with E-state index in [-0.39, 0.29) is 0 Å². The molecule has 4 rings (SSSR count). The average Bonchev–Trinajstić information content (AvgIpc) is 3.25. The summed E-state index contributed by atoms with van der Waals surface area (Å²) in [5, 5.41) is 18.7. The van der Waals surface area contributed by atoms with E-state index in [1.165, 1.54) is 5.56 Å². The van der Waals surface area contributed by atoms with Gasteiger partial charge in [-0.2, -0.15) is 14.7 Å². The molecule has 0 aliphatic carbocycles. The van der Waals surface area contributed by atoms with E-state index in [0.29, 0.717) is 5.92 Å². The molecule has 0 N–H and O–H groups in total. The van der Waals surface area contributed by atoms with Gasteiger partial charge in [-0.3, -0.25) is 4.68 Å². The van der Waals surface area contributed by atoms with Crippen molar-refractivity contribution in [1.29, 1.82) is 0 Å². The first kappa shape index (κ1) is 16.0. The van der Waals surface area contributed by atoms with Gasteiger partial charge in [0.25, 0.3) is 0 Å². The van der Waals surface area contributed by atoms with E-state index in [1.807, 2.05) is 33.6 Å². The van der Waals surface area contributed by atoms with E-state index in [4.69, 9.17) is 5.10 Å². The highest BCUT2D eigenvalue weighted by Gasteiger charge is 2.17. The number of hydrogen-bond donors (Lipinski definition) is 0. The van der Waals surface area contributed by atoms with Crippen LogP contribution >= 0.6 is 11.3 Å². The Morgan fingerprint density at radius 2 is 1.92 bits per heavy atom. The van der Waals surface area contributed by atoms with Crippen molar-refractivity contribution in [3.8, 4) is 10.6 Å². The molecule has 25 heavy (non-hydrogen) atoms. The van der Waals surface area contributed by atoms with Gasteiger partial charge in [-0.1, -0.05) is 55.5 Å². The third kappa shape index (κ3) is 3.07. The summed E-state index contributed by atoms with van der Waals surface area (Å²) in [6.45, 7) is 7.19. The smallest absolute Gasteiger partial charge is 0.234 e. The number of hydrogen-bond acceptors (Lipinski definition) is 5. The number of benzene rings is 1. The van der Waals surface area contributed by atoms with E-state index >= 15 is 0 Å². The van der Waals surface area contributed by atoms with Crippen LogP contribution in [0, 0.1) is 12.8 Å². The summed E-state index contributed by atoms with van der Waals surface area (Å²) >= 11 is 1.56. The number of nitrogens with zero attached hydrogens (tertiary/aromatic N) is 6. The van der Waals surface area contributed by atoms with E-state index < -0.39 is 0 Å². The van der Waals surface area contributed by atoms with Crippen LogP contribution in [0.5, 0.6) is 0 Å². The monoisotopic (exact) mass is 352 g/mol. The number of fused-ring (bicyclic) bond motifs is 1. The molecule has 0 atom stereocenters. The van der Waals surface area contributed by atoms with Crippen LogP contribution in [0.15, 0.2) is 36.5 Å². The summed E-state index contributed by atoms with van der Waals surface area (Å²) in [6.07, 6.45) is 2.77. The lowest BCUT2D eigenvalue weighted by molar-refractivity contribution is 0.607. The molecule has 7 heteroatoms. The van der Waals surface area contributed by atoms with Gasteiger partial charge in [0, 0.05) is 12.1 Å². The summed E-state index contributed by atoms with van der Waals surface area (Å²) < 4.78 is 3.89. The first-order valence-electron chi connectivity index (χ1n) is 8.39. The summed E-state index contributed by atoms with van der Waals surface area (Å²) in [5.41, 5.74) is 3.40. The molecule has 0 radical (unpaired) electrons. The highest BCUT2D eigenvalue weighted by Crippen LogP contribution is 2.28. The second-order valence-electron chi connectivity index (χ2n) is 6.60. The van der Waals surface area contributed by atoms with Crippen molar-refractivity contribution in [1.82, 2.24) is 29.6 Å². The SMILES string of the molecule is Cc1c(-c2nn3c(CC(C)C)nnc3s2)cnn1Cc1ccccc1. The minimum Gasteiger partial charge on any atom is -0.265 e. The summed E-state index contributed by atoms with van der Waals surface area (Å²) in [5.74, 6) is 1.44. The molecule has 0 bridgehead atoms. The lowest BCUT2D eigenvalue weighted by Crippen LogP contribution is -2.03. The number of aromatic nitrogens is 6. The molecule has 0 aliphatic heterocycles. The van der Waals surface area contributed by atoms with Crippen LogP contribution in [0.4, 0.5) is 0 Å². The second-order valence-corrected chi connectivity index (χ2v) is 7.56. The van der Waals surface area contributed by atoms with Crippen LogP contribution in [0.3, 0.4) is 0 Å². The van der Waals surface area contributed by atoms with Gasteiger partial charge in [0.2, 0.25) is 4.96 Å². The zero-order valence-electron chi connectivity index (χ0n) is 14.5. The van der Waals surface area contributed by atoms with E-state index in [0.717, 1.165) is 40.0 Å². The molecule has 0 spiro atoms. The van der Waals surface area contributed by atoms with Crippen molar-refractivity contribution in [2.45, 2.75) is 33.7 Å². The fraction of sp³-hybridized carbons (Fsp3) is 0.333. The minimum atomic E-state index is 0.521. The van der Waals surface area contributed by atoms with Gasteiger partial charge in [-0.05, 0) is 18.4 Å². The molecule has 6 nitrogen and oxygen atoms in total. The molecule has 3 heterocycles. The maximum atomic E-state index is 4.73. The third-order valence-corrected chi connectivity index (χ3v) is 5.09. The fourth-order valence-corrected chi connectivity index (χ4v) is 3.75. The van der Waals surface area contributed by atoms with Crippen molar-refractivity contribution in [3.05, 3.63) is 53.6 Å². The Hall–Kier alpha value is -2.54. The molecule has 3 aromatic heterocycles. The Labute approximate surface area is 150 Å². The maximum absolute atomic E-state index is 4.73. The first-order valence-corrected chi connectivity index (χ1v) is 9.21. The minimum absolute atomic E-state index is 0.521. The van der Waals surface area contributed by atoms with Gasteiger partial charge in [-0.25, -0.2) is 0 Å². The molecule has 1 aromatic carbocycles. The molecule has 0 saturated carbocycles. The van der Waals surface area contributed by atoms with Crippen LogP contribution in [0.2, 0.25) is 0 Å². The third-order valence-electron chi connectivity index (χ3n) is 4.16. The van der Waals surface area contributed by atoms with E-state index in [1.54, 1.807) is 11.3 Å². The van der Waals surface area contributed by atoms with Crippen LogP contribution in [-0.4, -0.2) is 29.6 Å². The Balaban J connectivity index is 1.66. The van der Waals surface area contributed by atoms with Crippen molar-refractivity contribution < 1.29 is 0 Å². The predicted molar refractivity (Wildman–Crippen MR) is 98.7 cm³/mol.